The summed E-state index contributed by atoms with van der Waals surface area (Å²) in [5.41, 5.74) is 1.51. The first-order valence-electron chi connectivity index (χ1n) is 14.7. The van der Waals surface area contributed by atoms with Crippen LogP contribution >= 0.6 is 0 Å². The predicted octanol–water partition coefficient (Wildman–Crippen LogP) is 4.53. The molecule has 0 saturated carbocycles. The molecule has 1 heterocycles. The van der Waals surface area contributed by atoms with E-state index in [-0.39, 0.29) is 52.7 Å². The number of phenolic OH excluding ortho intramolecular Hbond substituents is 1. The number of allylic oxidation sites excluding steroid dienone is 6. The molecule has 13 nitrogen and oxygen atoms in total. The van der Waals surface area contributed by atoms with Crippen molar-refractivity contribution in [2.75, 3.05) is 23.9 Å². The van der Waals surface area contributed by atoms with Gasteiger partial charge in [0, 0.05) is 48.9 Å². The van der Waals surface area contributed by atoms with E-state index in [4.69, 9.17) is 0 Å². The Bertz CT molecular complexity index is 1880. The average Bonchev–Trinajstić information content (AvgIpc) is 3.25. The van der Waals surface area contributed by atoms with Gasteiger partial charge in [0.15, 0.2) is 17.3 Å². The number of imide groups is 1. The van der Waals surface area contributed by atoms with Gasteiger partial charge in [0.1, 0.15) is 5.75 Å². The molecular weight excluding hydrogens is 596 g/mol. The van der Waals surface area contributed by atoms with Gasteiger partial charge in [0.25, 0.3) is 0 Å². The maximum Gasteiger partial charge on any atom is 0.301 e. The summed E-state index contributed by atoms with van der Waals surface area (Å²) in [5.74, 6) is -5.14. The van der Waals surface area contributed by atoms with Crippen molar-refractivity contribution < 1.29 is 34.1 Å². The van der Waals surface area contributed by atoms with Crippen molar-refractivity contribution >= 4 is 46.1 Å². The Morgan fingerprint density at radius 3 is 2.02 bits per heavy atom. The van der Waals surface area contributed by atoms with E-state index in [1.165, 1.54) is 25.1 Å². The lowest BCUT2D eigenvalue weighted by atomic mass is 9.59. The molecule has 0 spiro atoms. The van der Waals surface area contributed by atoms with Gasteiger partial charge in [-0.15, -0.1) is 0 Å². The highest BCUT2D eigenvalue weighted by Gasteiger charge is 2.57. The van der Waals surface area contributed by atoms with Gasteiger partial charge >= 0.3 is 11.4 Å². The van der Waals surface area contributed by atoms with Crippen LogP contribution in [0.4, 0.5) is 22.7 Å². The molecule has 0 aromatic heterocycles. The number of phenols is 1. The van der Waals surface area contributed by atoms with Crippen LogP contribution in [0.25, 0.3) is 0 Å². The molecule has 2 amide bonds. The second-order valence-corrected chi connectivity index (χ2v) is 12.5. The van der Waals surface area contributed by atoms with Gasteiger partial charge in [0.2, 0.25) is 11.8 Å². The van der Waals surface area contributed by atoms with E-state index >= 15 is 0 Å². The summed E-state index contributed by atoms with van der Waals surface area (Å²) in [5, 5.41) is 34.5. The van der Waals surface area contributed by atoms with Crippen LogP contribution in [-0.4, -0.2) is 52.4 Å². The lowest BCUT2D eigenvalue weighted by Crippen LogP contribution is -2.39. The van der Waals surface area contributed by atoms with Crippen LogP contribution in [0, 0.1) is 51.8 Å². The Morgan fingerprint density at radius 1 is 0.891 bits per heavy atom. The van der Waals surface area contributed by atoms with Crippen molar-refractivity contribution in [3.63, 3.8) is 0 Å². The number of hydrogen-bond donors (Lipinski definition) is 1. The number of aromatic hydroxyl groups is 1. The molecule has 2 aromatic carbocycles. The van der Waals surface area contributed by atoms with Gasteiger partial charge in [-0.1, -0.05) is 23.8 Å². The first-order chi connectivity index (χ1) is 21.6. The fourth-order valence-corrected chi connectivity index (χ4v) is 7.61. The largest absolute Gasteiger partial charge is 0.507 e. The van der Waals surface area contributed by atoms with Crippen molar-refractivity contribution in [1.82, 2.24) is 0 Å². The summed E-state index contributed by atoms with van der Waals surface area (Å²) in [6.07, 6.45) is 3.25. The average molecular weight is 627 g/mol. The highest BCUT2D eigenvalue weighted by atomic mass is 16.6. The highest BCUT2D eigenvalue weighted by molar-refractivity contribution is 6.25. The van der Waals surface area contributed by atoms with Gasteiger partial charge in [-0.05, 0) is 62.3 Å². The molecule has 6 rings (SSSR count). The molecule has 4 aliphatic rings. The third kappa shape index (κ3) is 4.37. The minimum atomic E-state index is -0.982. The standard InChI is InChI=1S/C33H30N4O9/c1-14-8-17(9-15(2)30(14)39)26-19-6-7-20-27(21(19)13-22-25(38)10-16(3)31(40)28(22)26)33(42)35(32(20)41)18-11-23(36(43)44)29(34(4)5)24(12-18)37(45)46/h6,8-12,20-21,26-27,39H,7,13H2,1-5H3. The van der Waals surface area contributed by atoms with E-state index in [0.717, 1.165) is 17.0 Å². The van der Waals surface area contributed by atoms with Gasteiger partial charge < -0.3 is 10.0 Å². The Balaban J connectivity index is 1.50. The highest BCUT2D eigenvalue weighted by Crippen LogP contribution is 2.56. The van der Waals surface area contributed by atoms with Crippen LogP contribution in [-0.2, 0) is 19.2 Å². The van der Waals surface area contributed by atoms with E-state index in [9.17, 15) is 44.5 Å². The molecule has 13 heteroatoms. The third-order valence-corrected chi connectivity index (χ3v) is 9.56. The summed E-state index contributed by atoms with van der Waals surface area (Å²) in [6, 6.07) is 5.48. The SMILES string of the molecule is CC1=CC(=O)C2=C(C1=O)C(c1cc(C)c(O)c(C)c1)C1=CCC3C(=O)N(c4cc([N+](=O)[O-])c(N(C)C)c([N+](=O)[O-])c4)C(=O)C3C1C2. The van der Waals surface area contributed by atoms with Gasteiger partial charge in [-0.25, -0.2) is 4.90 Å². The quantitative estimate of drug-likeness (QED) is 0.163. The summed E-state index contributed by atoms with van der Waals surface area (Å²) in [7, 11) is 2.83. The number of hydrogen-bond acceptors (Lipinski definition) is 10. The van der Waals surface area contributed by atoms with Gasteiger partial charge in [0.05, 0.1) is 27.4 Å². The maximum absolute atomic E-state index is 14.3. The smallest absolute Gasteiger partial charge is 0.301 e. The molecule has 0 bridgehead atoms. The summed E-state index contributed by atoms with van der Waals surface area (Å²) >= 11 is 0. The number of amides is 2. The molecule has 1 saturated heterocycles. The Kier molecular flexibility index (Phi) is 7.02. The van der Waals surface area contributed by atoms with Crippen molar-refractivity contribution in [3.8, 4) is 5.75 Å². The van der Waals surface area contributed by atoms with Crippen LogP contribution in [0.3, 0.4) is 0 Å². The number of Topliss-reactive ketones (excluding diaryl/α,β-unsaturated/α-hetero) is 1. The number of ketones is 2. The number of carbonyl (C=O) groups is 4. The zero-order valence-electron chi connectivity index (χ0n) is 25.7. The summed E-state index contributed by atoms with van der Waals surface area (Å²) in [6.45, 7) is 5.02. The van der Waals surface area contributed by atoms with Crippen LogP contribution in [0.5, 0.6) is 5.75 Å². The molecule has 236 valence electrons. The van der Waals surface area contributed by atoms with Crippen molar-refractivity contribution in [3.05, 3.63) is 95.6 Å². The molecule has 4 atom stereocenters. The predicted molar refractivity (Wildman–Crippen MR) is 165 cm³/mol. The third-order valence-electron chi connectivity index (χ3n) is 9.56. The van der Waals surface area contributed by atoms with Crippen molar-refractivity contribution in [2.24, 2.45) is 17.8 Å². The van der Waals surface area contributed by atoms with E-state index in [2.05, 4.69) is 0 Å². The van der Waals surface area contributed by atoms with Crippen molar-refractivity contribution in [1.29, 1.82) is 0 Å². The first kappa shape index (κ1) is 30.6. The minimum absolute atomic E-state index is 0.0238. The van der Waals surface area contributed by atoms with Crippen LogP contribution < -0.4 is 9.80 Å². The Morgan fingerprint density at radius 2 is 1.48 bits per heavy atom. The maximum atomic E-state index is 14.3. The molecule has 4 unspecified atom stereocenters. The van der Waals surface area contributed by atoms with Crippen LogP contribution in [0.2, 0.25) is 0 Å². The Hall–Kier alpha value is -5.46. The number of nitrogens with zero attached hydrogens (tertiary/aromatic N) is 4. The summed E-state index contributed by atoms with van der Waals surface area (Å²) < 4.78 is 0. The topological polar surface area (TPSA) is 181 Å². The molecular formula is C33H30N4O9. The molecule has 1 N–H and O–H groups in total. The van der Waals surface area contributed by atoms with E-state index in [1.54, 1.807) is 32.9 Å². The second kappa shape index (κ2) is 10.6. The fraction of sp³-hybridized carbons (Fsp3) is 0.333. The number of anilines is 2. The first-order valence-corrected chi connectivity index (χ1v) is 14.7. The number of benzene rings is 2. The Labute approximate surface area is 262 Å². The van der Waals surface area contributed by atoms with Gasteiger partial charge in [-0.2, -0.15) is 0 Å². The number of nitro groups is 2. The zero-order chi connectivity index (χ0) is 33.5. The van der Waals surface area contributed by atoms with Gasteiger partial charge in [-0.3, -0.25) is 39.4 Å². The van der Waals surface area contributed by atoms with E-state index in [1.807, 2.05) is 6.08 Å². The van der Waals surface area contributed by atoms with E-state index < -0.39 is 56.7 Å². The number of aryl methyl sites for hydroxylation is 2. The van der Waals surface area contributed by atoms with Crippen LogP contribution in [0.15, 0.2) is 58.7 Å². The lowest BCUT2D eigenvalue weighted by molar-refractivity contribution is -0.392. The molecule has 1 aliphatic heterocycles. The number of carbonyl (C=O) groups excluding carboxylic acids is 4. The normalized spacial score (nSPS) is 23.9. The monoisotopic (exact) mass is 626 g/mol. The van der Waals surface area contributed by atoms with E-state index in [0.29, 0.717) is 27.8 Å². The molecule has 46 heavy (non-hydrogen) atoms. The number of rotatable bonds is 5. The fourth-order valence-electron chi connectivity index (χ4n) is 7.61. The number of fused-ring (bicyclic) bond motifs is 3. The summed E-state index contributed by atoms with van der Waals surface area (Å²) in [4.78, 5) is 79.6. The van der Waals surface area contributed by atoms with Crippen molar-refractivity contribution in [2.45, 2.75) is 39.5 Å². The zero-order valence-corrected chi connectivity index (χ0v) is 25.7. The molecule has 0 radical (unpaired) electrons. The minimum Gasteiger partial charge on any atom is -0.507 e. The molecule has 3 aliphatic carbocycles. The lowest BCUT2D eigenvalue weighted by Gasteiger charge is -2.42. The second-order valence-electron chi connectivity index (χ2n) is 12.5. The van der Waals surface area contributed by atoms with Crippen LogP contribution in [0.1, 0.15) is 42.4 Å². The number of nitro benzene ring substituents is 2. The molecule has 2 aromatic rings. The molecule has 1 fully saturated rings.